The molecule has 0 N–H and O–H groups in total. The maximum atomic E-state index is 14.2. The molecule has 0 aliphatic carbocycles. The summed E-state index contributed by atoms with van der Waals surface area (Å²) in [5, 5.41) is 9.75. The van der Waals surface area contributed by atoms with E-state index >= 15 is 0 Å². The highest BCUT2D eigenvalue weighted by atomic mass is 79.9. The monoisotopic (exact) mass is 462 g/mol. The van der Waals surface area contributed by atoms with Crippen LogP contribution in [0.4, 0.5) is 4.39 Å². The second-order valence-corrected chi connectivity index (χ2v) is 8.68. The molecule has 4 nitrogen and oxygen atoms in total. The molecule has 28 heavy (non-hydrogen) atoms. The Hall–Kier alpha value is -1.70. The Morgan fingerprint density at radius 2 is 1.89 bits per heavy atom. The van der Waals surface area contributed by atoms with Gasteiger partial charge in [-0.05, 0) is 43.8 Å². The Balaban J connectivity index is 1.90. The van der Waals surface area contributed by atoms with Gasteiger partial charge in [0, 0.05) is 10.2 Å². The zero-order valence-electron chi connectivity index (χ0n) is 16.3. The summed E-state index contributed by atoms with van der Waals surface area (Å²) >= 11 is 4.82. The zero-order valence-corrected chi connectivity index (χ0v) is 18.7. The van der Waals surface area contributed by atoms with Crippen molar-refractivity contribution in [3.05, 3.63) is 75.8 Å². The van der Waals surface area contributed by atoms with Crippen molar-refractivity contribution in [3.8, 4) is 0 Å². The van der Waals surface area contributed by atoms with Gasteiger partial charge in [0.1, 0.15) is 5.82 Å². The predicted octanol–water partition coefficient (Wildman–Crippen LogP) is 5.53. The molecule has 1 atom stereocenters. The number of halogens is 2. The summed E-state index contributed by atoms with van der Waals surface area (Å²) < 4.78 is 17.1. The third kappa shape index (κ3) is 5.01. The Kier molecular flexibility index (Phi) is 7.26. The van der Waals surface area contributed by atoms with E-state index < -0.39 is 0 Å². The van der Waals surface area contributed by atoms with Gasteiger partial charge in [0.25, 0.3) is 0 Å². The van der Waals surface area contributed by atoms with Crippen molar-refractivity contribution in [2.75, 3.05) is 14.1 Å². The molecule has 1 unspecified atom stereocenters. The van der Waals surface area contributed by atoms with Crippen LogP contribution < -0.4 is 0 Å². The molecule has 2 aromatic carbocycles. The van der Waals surface area contributed by atoms with Crippen molar-refractivity contribution in [2.45, 2.75) is 36.8 Å². The molecule has 148 valence electrons. The Morgan fingerprint density at radius 3 is 2.54 bits per heavy atom. The van der Waals surface area contributed by atoms with E-state index in [0.717, 1.165) is 21.9 Å². The van der Waals surface area contributed by atoms with E-state index in [4.69, 9.17) is 0 Å². The van der Waals surface area contributed by atoms with Gasteiger partial charge in [0.15, 0.2) is 11.0 Å². The standard InChI is InChI=1S/C21H24BrFN4S/c1-4-19(26(2)3)20-24-25-21(27(20)13-15-8-6-5-7-9-15)28-14-16-10-11-17(22)12-18(16)23/h5-12,19H,4,13-14H2,1-3H3. The lowest BCUT2D eigenvalue weighted by molar-refractivity contribution is 0.272. The smallest absolute Gasteiger partial charge is 0.191 e. The van der Waals surface area contributed by atoms with Crippen molar-refractivity contribution in [1.29, 1.82) is 0 Å². The minimum atomic E-state index is -0.212. The highest BCUT2D eigenvalue weighted by Gasteiger charge is 2.22. The summed E-state index contributed by atoms with van der Waals surface area (Å²) in [4.78, 5) is 2.16. The van der Waals surface area contributed by atoms with E-state index in [1.54, 1.807) is 6.07 Å². The normalized spacial score (nSPS) is 12.5. The third-order valence-electron chi connectivity index (χ3n) is 4.61. The molecule has 7 heteroatoms. The van der Waals surface area contributed by atoms with Gasteiger partial charge >= 0.3 is 0 Å². The SMILES string of the molecule is CCC(c1nnc(SCc2ccc(Br)cc2F)n1Cc1ccccc1)N(C)C. The second-order valence-electron chi connectivity index (χ2n) is 6.82. The van der Waals surface area contributed by atoms with Crippen molar-refractivity contribution >= 4 is 27.7 Å². The van der Waals surface area contributed by atoms with Crippen LogP contribution in [0.25, 0.3) is 0 Å². The summed E-state index contributed by atoms with van der Waals surface area (Å²) in [7, 11) is 4.11. The Labute approximate surface area is 178 Å². The first kappa shape index (κ1) is 21.0. The molecule has 1 aromatic heterocycles. The average Bonchev–Trinajstić information content (AvgIpc) is 3.04. The maximum absolute atomic E-state index is 14.2. The number of benzene rings is 2. The van der Waals surface area contributed by atoms with Crippen molar-refractivity contribution in [2.24, 2.45) is 0 Å². The zero-order chi connectivity index (χ0) is 20.1. The fourth-order valence-electron chi connectivity index (χ4n) is 3.13. The maximum Gasteiger partial charge on any atom is 0.191 e. The molecule has 0 radical (unpaired) electrons. The molecule has 0 aliphatic heterocycles. The van der Waals surface area contributed by atoms with E-state index in [2.05, 4.69) is 68.7 Å². The second kappa shape index (κ2) is 9.67. The number of hydrogen-bond acceptors (Lipinski definition) is 4. The van der Waals surface area contributed by atoms with Gasteiger partial charge in [-0.3, -0.25) is 4.90 Å². The molecule has 0 spiro atoms. The molecule has 0 fully saturated rings. The summed E-state index contributed by atoms with van der Waals surface area (Å²) in [5.41, 5.74) is 1.84. The summed E-state index contributed by atoms with van der Waals surface area (Å²) in [6.45, 7) is 2.84. The summed E-state index contributed by atoms with van der Waals surface area (Å²) in [6, 6.07) is 15.6. The van der Waals surface area contributed by atoms with Crippen molar-refractivity contribution < 1.29 is 4.39 Å². The van der Waals surface area contributed by atoms with Crippen LogP contribution in [-0.4, -0.2) is 33.8 Å². The van der Waals surface area contributed by atoms with Gasteiger partial charge in [-0.1, -0.05) is 71.0 Å². The van der Waals surface area contributed by atoms with E-state index in [1.165, 1.54) is 23.4 Å². The number of aromatic nitrogens is 3. The van der Waals surface area contributed by atoms with Gasteiger partial charge in [-0.15, -0.1) is 10.2 Å². The van der Waals surface area contributed by atoms with Crippen molar-refractivity contribution in [3.63, 3.8) is 0 Å². The fourth-order valence-corrected chi connectivity index (χ4v) is 4.39. The van der Waals surface area contributed by atoms with Gasteiger partial charge in [-0.2, -0.15) is 0 Å². The molecule has 3 rings (SSSR count). The van der Waals surface area contributed by atoms with Gasteiger partial charge in [0.2, 0.25) is 0 Å². The highest BCUT2D eigenvalue weighted by Crippen LogP contribution is 2.29. The summed E-state index contributed by atoms with van der Waals surface area (Å²) in [6.07, 6.45) is 0.936. The minimum Gasteiger partial charge on any atom is -0.300 e. The van der Waals surface area contributed by atoms with Crippen LogP contribution in [0.3, 0.4) is 0 Å². The average molecular weight is 463 g/mol. The van der Waals surface area contributed by atoms with Crippen LogP contribution in [0.1, 0.15) is 36.3 Å². The number of rotatable bonds is 8. The molecule has 0 saturated heterocycles. The van der Waals surface area contributed by atoms with Crippen LogP contribution in [0.2, 0.25) is 0 Å². The largest absolute Gasteiger partial charge is 0.300 e. The first-order valence-corrected chi connectivity index (χ1v) is 11.0. The minimum absolute atomic E-state index is 0.176. The molecule has 0 bridgehead atoms. The number of hydrogen-bond donors (Lipinski definition) is 0. The molecule has 0 aliphatic rings. The van der Waals surface area contributed by atoms with Crippen LogP contribution in [-0.2, 0) is 12.3 Å². The Morgan fingerprint density at radius 1 is 1.14 bits per heavy atom. The van der Waals surface area contributed by atoms with Gasteiger partial charge in [-0.25, -0.2) is 4.39 Å². The summed E-state index contributed by atoms with van der Waals surface area (Å²) in [5.74, 6) is 1.23. The molecular weight excluding hydrogens is 439 g/mol. The van der Waals surface area contributed by atoms with Crippen LogP contribution in [0.5, 0.6) is 0 Å². The van der Waals surface area contributed by atoms with Gasteiger partial charge in [0.05, 0.1) is 12.6 Å². The number of thioether (sulfide) groups is 1. The quantitative estimate of drug-likeness (QED) is 0.412. The predicted molar refractivity (Wildman–Crippen MR) is 116 cm³/mol. The molecule has 0 amide bonds. The molecule has 1 heterocycles. The lowest BCUT2D eigenvalue weighted by Crippen LogP contribution is -2.23. The van der Waals surface area contributed by atoms with E-state index in [9.17, 15) is 4.39 Å². The molecule has 3 aromatic rings. The molecule has 0 saturated carbocycles. The van der Waals surface area contributed by atoms with E-state index in [0.29, 0.717) is 17.9 Å². The lowest BCUT2D eigenvalue weighted by Gasteiger charge is -2.23. The van der Waals surface area contributed by atoms with Crippen LogP contribution in [0.15, 0.2) is 58.2 Å². The highest BCUT2D eigenvalue weighted by molar-refractivity contribution is 9.10. The van der Waals surface area contributed by atoms with Crippen LogP contribution >= 0.6 is 27.7 Å². The topological polar surface area (TPSA) is 34.0 Å². The van der Waals surface area contributed by atoms with Gasteiger partial charge < -0.3 is 4.57 Å². The first-order valence-electron chi connectivity index (χ1n) is 9.19. The van der Waals surface area contributed by atoms with Crippen LogP contribution in [0, 0.1) is 5.82 Å². The van der Waals surface area contributed by atoms with E-state index in [1.807, 2.05) is 24.3 Å². The Bertz CT molecular complexity index is 914. The van der Waals surface area contributed by atoms with E-state index in [-0.39, 0.29) is 11.9 Å². The lowest BCUT2D eigenvalue weighted by atomic mass is 10.2. The van der Waals surface area contributed by atoms with Crippen molar-refractivity contribution in [1.82, 2.24) is 19.7 Å². The fraction of sp³-hybridized carbons (Fsp3) is 0.333. The third-order valence-corrected chi connectivity index (χ3v) is 6.12. The first-order chi connectivity index (χ1) is 13.5. The number of nitrogens with zero attached hydrogens (tertiary/aromatic N) is 4. The molecular formula is C21H24BrFN4S.